The zero-order valence-electron chi connectivity index (χ0n) is 16.2. The highest BCUT2D eigenvalue weighted by Gasteiger charge is 2.24. The van der Waals surface area contributed by atoms with Gasteiger partial charge in [0.1, 0.15) is 6.54 Å². The lowest BCUT2D eigenvalue weighted by molar-refractivity contribution is 0.0961. The van der Waals surface area contributed by atoms with Crippen LogP contribution in [0.2, 0.25) is 0 Å². The minimum absolute atomic E-state index is 0.0343. The summed E-state index contributed by atoms with van der Waals surface area (Å²) in [5.41, 5.74) is 3.99. The number of Topliss-reactive ketones (excluding diaryl/α,β-unsaturated/α-hetero) is 1. The van der Waals surface area contributed by atoms with E-state index in [4.69, 9.17) is 0 Å². The molecule has 4 rings (SSSR count). The second-order valence-corrected chi connectivity index (χ2v) is 9.12. The Hall–Kier alpha value is -3.07. The topological polar surface area (TPSA) is 98.0 Å². The van der Waals surface area contributed by atoms with Crippen LogP contribution in [-0.2, 0) is 23.0 Å². The molecular weight excluding hydrogens is 390 g/mol. The number of benzene rings is 2. The number of aryl methyl sites for hydroxylation is 2. The standard InChI is InChI=1S/C20H21N5O3S/c1-14-5-7-15(8-6-14)20-21-23-25(22-20)13-19(26)17-9-10-18-16(12-17)4-3-11-24(18)29(2,27)28/h5-10,12H,3-4,11,13H2,1-2H3. The Morgan fingerprint density at radius 2 is 1.90 bits per heavy atom. The summed E-state index contributed by atoms with van der Waals surface area (Å²) in [7, 11) is -3.33. The van der Waals surface area contributed by atoms with Crippen molar-refractivity contribution < 1.29 is 13.2 Å². The van der Waals surface area contributed by atoms with E-state index in [1.54, 1.807) is 18.2 Å². The number of carbonyl (C=O) groups is 1. The summed E-state index contributed by atoms with van der Waals surface area (Å²) < 4.78 is 25.4. The monoisotopic (exact) mass is 411 g/mol. The maximum atomic E-state index is 12.7. The van der Waals surface area contributed by atoms with E-state index < -0.39 is 10.0 Å². The molecule has 2 heterocycles. The van der Waals surface area contributed by atoms with Gasteiger partial charge in [0, 0.05) is 17.7 Å². The minimum Gasteiger partial charge on any atom is -0.292 e. The zero-order chi connectivity index (χ0) is 20.6. The Kier molecular flexibility index (Phi) is 4.91. The van der Waals surface area contributed by atoms with E-state index in [0.717, 1.165) is 29.5 Å². The molecule has 0 atom stereocenters. The Balaban J connectivity index is 1.53. The van der Waals surface area contributed by atoms with Gasteiger partial charge in [0.15, 0.2) is 5.78 Å². The Morgan fingerprint density at radius 3 is 2.62 bits per heavy atom. The Morgan fingerprint density at radius 1 is 1.14 bits per heavy atom. The van der Waals surface area contributed by atoms with Gasteiger partial charge in [-0.1, -0.05) is 29.8 Å². The van der Waals surface area contributed by atoms with Crippen LogP contribution in [0.1, 0.15) is 27.9 Å². The molecule has 29 heavy (non-hydrogen) atoms. The van der Waals surface area contributed by atoms with E-state index >= 15 is 0 Å². The molecule has 1 aliphatic rings. The first-order chi connectivity index (χ1) is 13.8. The highest BCUT2D eigenvalue weighted by Crippen LogP contribution is 2.30. The predicted octanol–water partition coefficient (Wildman–Crippen LogP) is 2.24. The first kappa shape index (κ1) is 19.3. The smallest absolute Gasteiger partial charge is 0.232 e. The van der Waals surface area contributed by atoms with Crippen molar-refractivity contribution in [2.24, 2.45) is 0 Å². The second kappa shape index (κ2) is 7.40. The molecule has 3 aromatic rings. The van der Waals surface area contributed by atoms with Gasteiger partial charge in [-0.3, -0.25) is 9.10 Å². The first-order valence-corrected chi connectivity index (χ1v) is 11.1. The van der Waals surface area contributed by atoms with Crippen molar-refractivity contribution in [3.63, 3.8) is 0 Å². The number of carbonyl (C=O) groups excluding carboxylic acids is 1. The van der Waals surface area contributed by atoms with Crippen molar-refractivity contribution in [1.29, 1.82) is 0 Å². The average Bonchev–Trinajstić information content (AvgIpc) is 3.15. The fraction of sp³-hybridized carbons (Fsp3) is 0.300. The summed E-state index contributed by atoms with van der Waals surface area (Å²) in [6, 6.07) is 12.9. The summed E-state index contributed by atoms with van der Waals surface area (Å²) >= 11 is 0. The van der Waals surface area contributed by atoms with Gasteiger partial charge in [-0.2, -0.15) is 4.80 Å². The molecule has 1 aromatic heterocycles. The van der Waals surface area contributed by atoms with Crippen LogP contribution in [0, 0.1) is 6.92 Å². The van der Waals surface area contributed by atoms with Crippen molar-refractivity contribution in [2.75, 3.05) is 17.1 Å². The molecule has 0 saturated carbocycles. The van der Waals surface area contributed by atoms with Crippen LogP contribution in [0.15, 0.2) is 42.5 Å². The van der Waals surface area contributed by atoms with Gasteiger partial charge < -0.3 is 0 Å². The van der Waals surface area contributed by atoms with E-state index in [0.29, 0.717) is 23.6 Å². The van der Waals surface area contributed by atoms with E-state index in [9.17, 15) is 13.2 Å². The third-order valence-corrected chi connectivity index (χ3v) is 6.11. The van der Waals surface area contributed by atoms with Gasteiger partial charge in [0.05, 0.1) is 11.9 Å². The van der Waals surface area contributed by atoms with Crippen molar-refractivity contribution in [3.05, 3.63) is 59.2 Å². The molecule has 0 saturated heterocycles. The van der Waals surface area contributed by atoms with E-state index in [1.165, 1.54) is 15.4 Å². The quantitative estimate of drug-likeness (QED) is 0.597. The SMILES string of the molecule is Cc1ccc(-c2nnn(CC(=O)c3ccc4c(c3)CCCN4S(C)(=O)=O)n2)cc1. The number of rotatable bonds is 5. The minimum atomic E-state index is -3.33. The second-order valence-electron chi connectivity index (χ2n) is 7.21. The average molecular weight is 411 g/mol. The fourth-order valence-electron chi connectivity index (χ4n) is 3.43. The van der Waals surface area contributed by atoms with Crippen molar-refractivity contribution in [2.45, 2.75) is 26.3 Å². The Bertz CT molecular complexity index is 1170. The molecule has 150 valence electrons. The molecule has 0 N–H and O–H groups in total. The number of anilines is 1. The number of sulfonamides is 1. The molecule has 0 unspecified atom stereocenters. The highest BCUT2D eigenvalue weighted by molar-refractivity contribution is 7.92. The Labute approximate surface area is 169 Å². The van der Waals surface area contributed by atoms with Gasteiger partial charge in [-0.05, 0) is 48.7 Å². The molecule has 2 aromatic carbocycles. The van der Waals surface area contributed by atoms with Gasteiger partial charge in [0.2, 0.25) is 15.8 Å². The number of fused-ring (bicyclic) bond motifs is 1. The molecule has 0 radical (unpaired) electrons. The van der Waals surface area contributed by atoms with Crippen molar-refractivity contribution in [3.8, 4) is 11.4 Å². The summed E-state index contributed by atoms with van der Waals surface area (Å²) in [5, 5.41) is 12.3. The first-order valence-electron chi connectivity index (χ1n) is 9.30. The molecule has 9 heteroatoms. The van der Waals surface area contributed by atoms with Crippen LogP contribution in [-0.4, -0.2) is 47.2 Å². The van der Waals surface area contributed by atoms with Crippen LogP contribution < -0.4 is 4.31 Å². The fourth-order valence-corrected chi connectivity index (χ4v) is 4.42. The number of tetrazole rings is 1. The third-order valence-electron chi connectivity index (χ3n) is 4.93. The van der Waals surface area contributed by atoms with Crippen LogP contribution in [0.25, 0.3) is 11.4 Å². The number of nitrogens with zero attached hydrogens (tertiary/aromatic N) is 5. The predicted molar refractivity (Wildman–Crippen MR) is 109 cm³/mol. The summed E-state index contributed by atoms with van der Waals surface area (Å²) in [5.74, 6) is 0.309. The van der Waals surface area contributed by atoms with Gasteiger partial charge in [-0.15, -0.1) is 10.2 Å². The number of ketones is 1. The lowest BCUT2D eigenvalue weighted by Crippen LogP contribution is -2.34. The molecular formula is C20H21N5O3S. The third kappa shape index (κ3) is 4.04. The summed E-state index contributed by atoms with van der Waals surface area (Å²) in [4.78, 5) is 14.0. The lowest BCUT2D eigenvalue weighted by Gasteiger charge is -2.29. The van der Waals surface area contributed by atoms with Gasteiger partial charge in [-0.25, -0.2) is 8.42 Å². The maximum absolute atomic E-state index is 12.7. The van der Waals surface area contributed by atoms with Crippen LogP contribution in [0.3, 0.4) is 0 Å². The van der Waals surface area contributed by atoms with Crippen LogP contribution >= 0.6 is 0 Å². The lowest BCUT2D eigenvalue weighted by atomic mass is 9.99. The summed E-state index contributed by atoms with van der Waals surface area (Å²) in [6.07, 6.45) is 2.66. The summed E-state index contributed by atoms with van der Waals surface area (Å²) in [6.45, 7) is 2.43. The van der Waals surface area contributed by atoms with Crippen molar-refractivity contribution in [1.82, 2.24) is 20.2 Å². The van der Waals surface area contributed by atoms with E-state index in [-0.39, 0.29) is 12.3 Å². The molecule has 0 spiro atoms. The number of hydrogen-bond acceptors (Lipinski definition) is 6. The molecule has 8 nitrogen and oxygen atoms in total. The van der Waals surface area contributed by atoms with Crippen molar-refractivity contribution >= 4 is 21.5 Å². The highest BCUT2D eigenvalue weighted by atomic mass is 32.2. The maximum Gasteiger partial charge on any atom is 0.232 e. The van der Waals surface area contributed by atoms with Crippen LogP contribution in [0.5, 0.6) is 0 Å². The molecule has 0 amide bonds. The van der Waals surface area contributed by atoms with Crippen LogP contribution in [0.4, 0.5) is 5.69 Å². The normalized spacial score (nSPS) is 13.9. The molecule has 0 fully saturated rings. The molecule has 0 aliphatic carbocycles. The van der Waals surface area contributed by atoms with E-state index in [1.807, 2.05) is 31.2 Å². The van der Waals surface area contributed by atoms with Gasteiger partial charge in [0.25, 0.3) is 0 Å². The molecule has 1 aliphatic heterocycles. The zero-order valence-corrected chi connectivity index (χ0v) is 17.1. The van der Waals surface area contributed by atoms with Gasteiger partial charge >= 0.3 is 0 Å². The number of aromatic nitrogens is 4. The van der Waals surface area contributed by atoms with E-state index in [2.05, 4.69) is 15.4 Å². The molecule has 0 bridgehead atoms. The number of hydrogen-bond donors (Lipinski definition) is 0. The largest absolute Gasteiger partial charge is 0.292 e.